The largest absolute Gasteiger partial charge is 0.352 e. The third kappa shape index (κ3) is 5.62. The van der Waals surface area contributed by atoms with Crippen molar-refractivity contribution in [3.05, 3.63) is 34.3 Å². The maximum Gasteiger partial charge on any atom is 0.251 e. The van der Waals surface area contributed by atoms with Crippen LogP contribution in [0.4, 0.5) is 0 Å². The van der Waals surface area contributed by atoms with Crippen LogP contribution >= 0.6 is 15.9 Å². The molecule has 0 saturated carbocycles. The average molecular weight is 395 g/mol. The van der Waals surface area contributed by atoms with E-state index in [9.17, 15) is 9.59 Å². The fourth-order valence-corrected chi connectivity index (χ4v) is 3.48. The molecule has 2 rings (SSSR count). The van der Waals surface area contributed by atoms with Gasteiger partial charge >= 0.3 is 0 Å². The van der Waals surface area contributed by atoms with Gasteiger partial charge in [-0.3, -0.25) is 9.59 Å². The Morgan fingerprint density at radius 2 is 1.92 bits per heavy atom. The lowest BCUT2D eigenvalue weighted by atomic mass is 9.87. The molecular formula is C19H27BrN2O2. The topological polar surface area (TPSA) is 49.4 Å². The van der Waals surface area contributed by atoms with Crippen LogP contribution < -0.4 is 5.32 Å². The highest BCUT2D eigenvalue weighted by Crippen LogP contribution is 2.30. The molecule has 24 heavy (non-hydrogen) atoms. The molecular weight excluding hydrogens is 368 g/mol. The van der Waals surface area contributed by atoms with E-state index in [-0.39, 0.29) is 17.2 Å². The second-order valence-electron chi connectivity index (χ2n) is 7.66. The van der Waals surface area contributed by atoms with E-state index in [4.69, 9.17) is 0 Å². The Balaban J connectivity index is 1.80. The first kappa shape index (κ1) is 19.0. The number of benzene rings is 1. The van der Waals surface area contributed by atoms with Crippen molar-refractivity contribution in [3.63, 3.8) is 0 Å². The maximum absolute atomic E-state index is 12.5. The van der Waals surface area contributed by atoms with Crippen molar-refractivity contribution >= 4 is 27.7 Å². The number of carbonyl (C=O) groups is 2. The Hall–Kier alpha value is -1.36. The molecule has 4 nitrogen and oxygen atoms in total. The standard InChI is InChI=1S/C19H27BrN2O2/c1-19(2,3)13-16-5-4-12-22(16)17(23)10-11-21-18(24)14-6-8-15(20)9-7-14/h6-9,16H,4-5,10-13H2,1-3H3,(H,21,24). The van der Waals surface area contributed by atoms with Crippen molar-refractivity contribution in [2.75, 3.05) is 13.1 Å². The highest BCUT2D eigenvalue weighted by Gasteiger charge is 2.31. The summed E-state index contributed by atoms with van der Waals surface area (Å²) in [6, 6.07) is 7.55. The molecule has 1 heterocycles. The van der Waals surface area contributed by atoms with E-state index in [2.05, 4.69) is 42.0 Å². The van der Waals surface area contributed by atoms with Crippen molar-refractivity contribution < 1.29 is 9.59 Å². The second kappa shape index (κ2) is 8.15. The van der Waals surface area contributed by atoms with Gasteiger partial charge in [0.25, 0.3) is 5.91 Å². The Morgan fingerprint density at radius 3 is 2.54 bits per heavy atom. The second-order valence-corrected chi connectivity index (χ2v) is 8.58. The summed E-state index contributed by atoms with van der Waals surface area (Å²) in [5.41, 5.74) is 0.834. The number of hydrogen-bond donors (Lipinski definition) is 1. The monoisotopic (exact) mass is 394 g/mol. The number of rotatable bonds is 5. The first-order valence-corrected chi connectivity index (χ1v) is 9.39. The molecule has 1 fully saturated rings. The summed E-state index contributed by atoms with van der Waals surface area (Å²) in [6.07, 6.45) is 3.57. The van der Waals surface area contributed by atoms with Crippen molar-refractivity contribution in [2.45, 2.75) is 52.5 Å². The van der Waals surface area contributed by atoms with Gasteiger partial charge in [-0.05, 0) is 48.9 Å². The van der Waals surface area contributed by atoms with E-state index in [1.54, 1.807) is 12.1 Å². The summed E-state index contributed by atoms with van der Waals surface area (Å²) < 4.78 is 0.938. The molecule has 0 spiro atoms. The molecule has 0 aliphatic carbocycles. The van der Waals surface area contributed by atoms with Crippen LogP contribution in [0.15, 0.2) is 28.7 Å². The van der Waals surface area contributed by atoms with Gasteiger partial charge in [-0.15, -0.1) is 0 Å². The number of hydrogen-bond acceptors (Lipinski definition) is 2. The number of amides is 2. The van der Waals surface area contributed by atoms with Gasteiger partial charge in [0.1, 0.15) is 0 Å². The smallest absolute Gasteiger partial charge is 0.251 e. The van der Waals surface area contributed by atoms with E-state index in [1.165, 1.54) is 0 Å². The van der Waals surface area contributed by atoms with Gasteiger partial charge in [0.2, 0.25) is 5.91 Å². The van der Waals surface area contributed by atoms with Crippen molar-refractivity contribution in [3.8, 4) is 0 Å². The highest BCUT2D eigenvalue weighted by molar-refractivity contribution is 9.10. The molecule has 5 heteroatoms. The van der Waals surface area contributed by atoms with Gasteiger partial charge in [0.15, 0.2) is 0 Å². The molecule has 2 amide bonds. The molecule has 1 saturated heterocycles. The predicted octanol–water partition coefficient (Wildman–Crippen LogP) is 4.00. The molecule has 0 aromatic heterocycles. The lowest BCUT2D eigenvalue weighted by molar-refractivity contribution is -0.132. The molecule has 1 N–H and O–H groups in total. The van der Waals surface area contributed by atoms with Crippen molar-refractivity contribution in [2.24, 2.45) is 5.41 Å². The van der Waals surface area contributed by atoms with E-state index >= 15 is 0 Å². The minimum absolute atomic E-state index is 0.136. The van der Waals surface area contributed by atoms with Crippen molar-refractivity contribution in [1.29, 1.82) is 0 Å². The molecule has 0 bridgehead atoms. The van der Waals surface area contributed by atoms with Crippen LogP contribution in [-0.4, -0.2) is 35.8 Å². The minimum Gasteiger partial charge on any atom is -0.352 e. The number of halogens is 1. The summed E-state index contributed by atoms with van der Waals surface area (Å²) >= 11 is 3.35. The predicted molar refractivity (Wildman–Crippen MR) is 99.9 cm³/mol. The lowest BCUT2D eigenvalue weighted by Gasteiger charge is -2.30. The van der Waals surface area contributed by atoms with Gasteiger partial charge in [0.05, 0.1) is 0 Å². The minimum atomic E-state index is -0.136. The third-order valence-electron chi connectivity index (χ3n) is 4.28. The van der Waals surface area contributed by atoms with Crippen LogP contribution in [0.25, 0.3) is 0 Å². The van der Waals surface area contributed by atoms with Crippen LogP contribution in [-0.2, 0) is 4.79 Å². The SMILES string of the molecule is CC(C)(C)CC1CCCN1C(=O)CCNC(=O)c1ccc(Br)cc1. The molecule has 0 radical (unpaired) electrons. The molecule has 1 atom stereocenters. The zero-order chi connectivity index (χ0) is 17.7. The lowest BCUT2D eigenvalue weighted by Crippen LogP contribution is -2.39. The molecule has 1 aliphatic rings. The normalized spacial score (nSPS) is 17.8. The summed E-state index contributed by atoms with van der Waals surface area (Å²) in [7, 11) is 0. The fraction of sp³-hybridized carbons (Fsp3) is 0.579. The van der Waals surface area contributed by atoms with Crippen LogP contribution in [0.2, 0.25) is 0 Å². The van der Waals surface area contributed by atoms with Gasteiger partial charge in [-0.25, -0.2) is 0 Å². The first-order valence-electron chi connectivity index (χ1n) is 8.59. The first-order chi connectivity index (χ1) is 11.3. The molecule has 132 valence electrons. The summed E-state index contributed by atoms with van der Waals surface area (Å²) in [5, 5.41) is 2.83. The summed E-state index contributed by atoms with van der Waals surface area (Å²) in [5.74, 6) is 0.0146. The zero-order valence-corrected chi connectivity index (χ0v) is 16.4. The van der Waals surface area contributed by atoms with Crippen molar-refractivity contribution in [1.82, 2.24) is 10.2 Å². The quantitative estimate of drug-likeness (QED) is 0.820. The van der Waals surface area contributed by atoms with Gasteiger partial charge in [0, 0.05) is 35.6 Å². The van der Waals surface area contributed by atoms with E-state index in [1.807, 2.05) is 17.0 Å². The molecule has 1 aromatic carbocycles. The van der Waals surface area contributed by atoms with Gasteiger partial charge < -0.3 is 10.2 Å². The molecule has 1 aromatic rings. The Bertz CT molecular complexity index is 578. The van der Waals surface area contributed by atoms with Crippen LogP contribution in [0.3, 0.4) is 0 Å². The van der Waals surface area contributed by atoms with E-state index < -0.39 is 0 Å². The number of nitrogens with zero attached hydrogens (tertiary/aromatic N) is 1. The van der Waals surface area contributed by atoms with Gasteiger partial charge in [-0.1, -0.05) is 36.7 Å². The summed E-state index contributed by atoms with van der Waals surface area (Å²) in [6.45, 7) is 7.87. The zero-order valence-electron chi connectivity index (χ0n) is 14.8. The van der Waals surface area contributed by atoms with E-state index in [0.717, 1.165) is 30.3 Å². The van der Waals surface area contributed by atoms with Crippen LogP contribution in [0.1, 0.15) is 56.8 Å². The number of carbonyl (C=O) groups excluding carboxylic acids is 2. The summed E-state index contributed by atoms with van der Waals surface area (Å²) in [4.78, 5) is 26.5. The number of likely N-dealkylation sites (tertiary alicyclic amines) is 1. The van der Waals surface area contributed by atoms with Crippen LogP contribution in [0.5, 0.6) is 0 Å². The Labute approximate surface area is 153 Å². The number of nitrogens with one attached hydrogen (secondary N) is 1. The molecule has 1 aliphatic heterocycles. The van der Waals surface area contributed by atoms with Gasteiger partial charge in [-0.2, -0.15) is 0 Å². The maximum atomic E-state index is 12.5. The Morgan fingerprint density at radius 1 is 1.25 bits per heavy atom. The molecule has 1 unspecified atom stereocenters. The van der Waals surface area contributed by atoms with Crippen LogP contribution in [0, 0.1) is 5.41 Å². The fourth-order valence-electron chi connectivity index (χ4n) is 3.21. The third-order valence-corrected chi connectivity index (χ3v) is 4.80. The Kier molecular flexibility index (Phi) is 6.44. The average Bonchev–Trinajstić information content (AvgIpc) is 2.93. The van der Waals surface area contributed by atoms with E-state index in [0.29, 0.717) is 24.6 Å². The highest BCUT2D eigenvalue weighted by atomic mass is 79.9.